The predicted octanol–water partition coefficient (Wildman–Crippen LogP) is 3.94. The third kappa shape index (κ3) is 5.04. The second-order valence-electron chi connectivity index (χ2n) is 5.97. The van der Waals surface area contributed by atoms with E-state index >= 15 is 0 Å². The van der Waals surface area contributed by atoms with E-state index in [0.717, 1.165) is 0 Å². The quantitative estimate of drug-likeness (QED) is 0.666. The molecule has 0 atom stereocenters. The third-order valence-electron chi connectivity index (χ3n) is 1.94. The summed E-state index contributed by atoms with van der Waals surface area (Å²) in [5, 5.41) is 12.5. The first-order valence-corrected chi connectivity index (χ1v) is 18.7. The van der Waals surface area contributed by atoms with E-state index in [1.165, 1.54) is 6.42 Å². The predicted molar refractivity (Wildman–Crippen MR) is 53.2 cm³/mol. The molecular formula is C10H20O3Re. The molecule has 1 rings (SSSR count). The van der Waals surface area contributed by atoms with Crippen LogP contribution in [-0.2, 0) is 29.5 Å². The van der Waals surface area contributed by atoms with Gasteiger partial charge in [0, 0.05) is 0 Å². The zero-order valence-corrected chi connectivity index (χ0v) is 12.3. The molecule has 14 heavy (non-hydrogen) atoms. The average Bonchev–Trinajstić information content (AvgIpc) is 2.01. The van der Waals surface area contributed by atoms with Gasteiger partial charge in [-0.2, -0.15) is 0 Å². The molecule has 0 heterocycles. The zero-order chi connectivity index (χ0) is 8.81. The number of hydrogen-bond donors (Lipinski definition) is 0. The fourth-order valence-electron chi connectivity index (χ4n) is 1.12. The van der Waals surface area contributed by atoms with Crippen molar-refractivity contribution in [3.05, 3.63) is 22.3 Å². The van der Waals surface area contributed by atoms with E-state index in [2.05, 4.69) is 45.2 Å². The van der Waals surface area contributed by atoms with Crippen molar-refractivity contribution >= 4 is 0 Å². The molecule has 0 saturated carbocycles. The summed E-state index contributed by atoms with van der Waals surface area (Å²) in [5.74, 6) is 0. The van der Waals surface area contributed by atoms with Crippen molar-refractivity contribution in [2.75, 3.05) is 0 Å². The topological polar surface area (TPSA) is 85.5 Å². The van der Waals surface area contributed by atoms with Crippen molar-refractivity contribution in [3.8, 4) is 0 Å². The second kappa shape index (κ2) is 3.88. The molecule has 3 nitrogen and oxygen atoms in total. The summed E-state index contributed by atoms with van der Waals surface area (Å²) in [7, 11) is 0. The Morgan fingerprint density at radius 2 is 1.36 bits per heavy atom. The van der Waals surface area contributed by atoms with E-state index < -0.39 is 13.1 Å². The summed E-state index contributed by atoms with van der Waals surface area (Å²) >= 11 is -2.71. The molecule has 1 aliphatic rings. The maximum absolute atomic E-state index is 2.71. The normalized spacial score (nSPS) is 16.5. The van der Waals surface area contributed by atoms with Gasteiger partial charge in [0.2, 0.25) is 0 Å². The Hall–Kier alpha value is 0.0223. The first-order chi connectivity index (χ1) is 4.59. The fourth-order valence-corrected chi connectivity index (χ4v) is 6.74. The minimum absolute atomic E-state index is 0. The van der Waals surface area contributed by atoms with Crippen molar-refractivity contribution in [3.63, 3.8) is 0 Å². The first-order valence-electron chi connectivity index (χ1n) is 3.80. The standard InChI is InChI=1S/C5H5.5CH3.3O.Re/c1-2-4-5-3-1;;;;;;;;;/h1-3H,4H2;5*1H3;;;;/q;;;;;;3*-2;+6. The summed E-state index contributed by atoms with van der Waals surface area (Å²) in [5.41, 5.74) is 0. The SMILES string of the molecule is [CH3][Re+6]([CH3])([CH3])([CH3])([CH3])[C]1=CC=CC1.[O-2].[O-2].[O-2]. The van der Waals surface area contributed by atoms with Gasteiger partial charge in [-0.1, -0.05) is 0 Å². The van der Waals surface area contributed by atoms with Crippen LogP contribution in [0, 0.1) is 0 Å². The Kier molecular flexibility index (Phi) is 5.43. The molecule has 0 fully saturated rings. The minimum Gasteiger partial charge on any atom is -2.00 e. The van der Waals surface area contributed by atoms with Gasteiger partial charge in [-0.3, -0.25) is 0 Å². The van der Waals surface area contributed by atoms with Crippen LogP contribution >= 0.6 is 0 Å². The van der Waals surface area contributed by atoms with Crippen LogP contribution < -0.4 is 0 Å². The molecular weight excluding hydrogens is 354 g/mol. The molecule has 0 unspecified atom stereocenters. The largest absolute Gasteiger partial charge is 2.00 e. The van der Waals surface area contributed by atoms with Crippen molar-refractivity contribution < 1.29 is 29.5 Å². The van der Waals surface area contributed by atoms with Crippen molar-refractivity contribution in [2.45, 2.75) is 33.4 Å². The molecule has 0 aromatic heterocycles. The molecule has 0 bridgehead atoms. The van der Waals surface area contributed by atoms with Crippen LogP contribution in [0.15, 0.2) is 22.3 Å². The Bertz CT molecular complexity index is 242. The van der Waals surface area contributed by atoms with Gasteiger partial charge in [0.15, 0.2) is 0 Å². The first kappa shape index (κ1) is 19.6. The number of rotatable bonds is 1. The van der Waals surface area contributed by atoms with Gasteiger partial charge in [-0.05, 0) is 0 Å². The van der Waals surface area contributed by atoms with E-state index in [0.29, 0.717) is 0 Å². The van der Waals surface area contributed by atoms with Crippen molar-refractivity contribution in [2.24, 2.45) is 0 Å². The van der Waals surface area contributed by atoms with Gasteiger partial charge in [0.1, 0.15) is 0 Å². The van der Waals surface area contributed by atoms with E-state index in [-0.39, 0.29) is 16.4 Å². The van der Waals surface area contributed by atoms with Crippen molar-refractivity contribution in [1.29, 1.82) is 0 Å². The van der Waals surface area contributed by atoms with Gasteiger partial charge in [0.05, 0.1) is 0 Å². The van der Waals surface area contributed by atoms with Crippen LogP contribution in [0.25, 0.3) is 0 Å². The van der Waals surface area contributed by atoms with Crippen LogP contribution in [0.3, 0.4) is 0 Å². The number of allylic oxidation sites excluding steroid dienone is 4. The Labute approximate surface area is 85.4 Å². The van der Waals surface area contributed by atoms with Gasteiger partial charge in [0.25, 0.3) is 0 Å². The maximum atomic E-state index is 2.49. The molecule has 0 aliphatic heterocycles. The van der Waals surface area contributed by atoms with Crippen LogP contribution in [-0.4, -0.2) is 0 Å². The molecule has 0 amide bonds. The van der Waals surface area contributed by atoms with Gasteiger partial charge < -0.3 is 16.4 Å². The minimum atomic E-state index is -2.71. The van der Waals surface area contributed by atoms with Gasteiger partial charge in [-0.25, -0.2) is 0 Å². The Balaban J connectivity index is -0.000000403. The van der Waals surface area contributed by atoms with E-state index in [1.54, 1.807) is 4.05 Å². The van der Waals surface area contributed by atoms with E-state index in [9.17, 15) is 0 Å². The summed E-state index contributed by atoms with van der Waals surface area (Å²) in [6.07, 6.45) is 8.00. The molecule has 0 aromatic carbocycles. The number of hydrogen-bond acceptors (Lipinski definition) is 0. The summed E-state index contributed by atoms with van der Waals surface area (Å²) in [6, 6.07) is 0. The molecule has 0 radical (unpaired) electrons. The monoisotopic (exact) mass is 375 g/mol. The summed E-state index contributed by atoms with van der Waals surface area (Å²) in [4.78, 5) is 0. The molecule has 1 aliphatic carbocycles. The van der Waals surface area contributed by atoms with E-state index in [4.69, 9.17) is 0 Å². The molecule has 85 valence electrons. The maximum Gasteiger partial charge on any atom is -2.00 e. The van der Waals surface area contributed by atoms with Crippen LogP contribution in [0.4, 0.5) is 0 Å². The second-order valence-corrected chi connectivity index (χ2v) is 41.7. The molecule has 0 spiro atoms. The van der Waals surface area contributed by atoms with Gasteiger partial charge in [-0.15, -0.1) is 0 Å². The van der Waals surface area contributed by atoms with Crippen molar-refractivity contribution in [1.82, 2.24) is 0 Å². The van der Waals surface area contributed by atoms with Crippen LogP contribution in [0.2, 0.25) is 27.0 Å². The molecule has 0 N–H and O–H groups in total. The van der Waals surface area contributed by atoms with Crippen LogP contribution in [0.5, 0.6) is 0 Å². The Morgan fingerprint density at radius 3 is 1.50 bits per heavy atom. The van der Waals surface area contributed by atoms with Crippen LogP contribution in [0.1, 0.15) is 6.42 Å². The van der Waals surface area contributed by atoms with E-state index in [1.807, 2.05) is 0 Å². The molecule has 0 saturated heterocycles. The summed E-state index contributed by atoms with van der Waals surface area (Å²) < 4.78 is 1.71. The average molecular weight is 374 g/mol. The third-order valence-corrected chi connectivity index (χ3v) is 11.7. The smallest absolute Gasteiger partial charge is 2.00 e. The fraction of sp³-hybridized carbons (Fsp3) is 0.600. The Morgan fingerprint density at radius 1 is 0.929 bits per heavy atom. The van der Waals surface area contributed by atoms with Gasteiger partial charge >= 0.3 is 68.8 Å². The molecule has 4 heteroatoms. The summed E-state index contributed by atoms with van der Waals surface area (Å²) in [6.45, 7) is 0. The zero-order valence-electron chi connectivity index (χ0n) is 9.54. The molecule has 0 aromatic rings.